The van der Waals surface area contributed by atoms with E-state index in [9.17, 15) is 9.59 Å². The van der Waals surface area contributed by atoms with Crippen LogP contribution in [-0.2, 0) is 25.5 Å². The number of rotatable bonds is 0. The maximum Gasteiger partial charge on any atom is 0.331 e. The fourth-order valence-electron chi connectivity index (χ4n) is 3.89. The van der Waals surface area contributed by atoms with Crippen molar-refractivity contribution in [1.29, 1.82) is 0 Å². The number of benzene rings is 1. The van der Waals surface area contributed by atoms with Gasteiger partial charge in [-0.15, -0.1) is 0 Å². The van der Waals surface area contributed by atoms with Crippen LogP contribution in [0, 0.1) is 5.41 Å². The number of ether oxygens (including phenoxy) is 2. The van der Waals surface area contributed by atoms with Gasteiger partial charge in [0, 0.05) is 19.3 Å². The van der Waals surface area contributed by atoms with E-state index in [1.54, 1.807) is 0 Å². The Morgan fingerprint density at radius 1 is 0.955 bits per heavy atom. The van der Waals surface area contributed by atoms with Crippen molar-refractivity contribution in [2.24, 2.45) is 5.41 Å². The average Bonchev–Trinajstić information content (AvgIpc) is 2.81. The Labute approximate surface area is 129 Å². The van der Waals surface area contributed by atoms with E-state index < -0.39 is 23.1 Å². The second-order valence-corrected chi connectivity index (χ2v) is 6.47. The van der Waals surface area contributed by atoms with Crippen molar-refractivity contribution < 1.29 is 19.1 Å². The maximum atomic E-state index is 12.8. The van der Waals surface area contributed by atoms with Gasteiger partial charge in [-0.3, -0.25) is 9.59 Å². The Balaban J connectivity index is 1.72. The summed E-state index contributed by atoms with van der Waals surface area (Å²) in [5.41, 5.74) is 0.924. The van der Waals surface area contributed by atoms with E-state index in [1.807, 2.05) is 24.3 Å². The predicted octanol–water partition coefficient (Wildman–Crippen LogP) is 3.00. The summed E-state index contributed by atoms with van der Waals surface area (Å²) in [5.74, 6) is -2.02. The van der Waals surface area contributed by atoms with E-state index in [-0.39, 0.29) is 6.42 Å². The molecule has 0 N–H and O–H groups in total. The highest BCUT2D eigenvalue weighted by atomic mass is 16.7. The molecule has 2 aliphatic carbocycles. The normalized spacial score (nSPS) is 25.0. The van der Waals surface area contributed by atoms with Crippen LogP contribution in [0.5, 0.6) is 0 Å². The zero-order chi connectivity index (χ0) is 15.4. The van der Waals surface area contributed by atoms with Gasteiger partial charge in [0.1, 0.15) is 0 Å². The van der Waals surface area contributed by atoms with Gasteiger partial charge in [-0.05, 0) is 29.5 Å². The fourth-order valence-corrected chi connectivity index (χ4v) is 3.89. The minimum atomic E-state index is -1.38. The van der Waals surface area contributed by atoms with Gasteiger partial charge in [0.2, 0.25) is 0 Å². The molecule has 0 bridgehead atoms. The summed E-state index contributed by atoms with van der Waals surface area (Å²) in [5, 5.41) is 0. The number of carbonyl (C=O) groups excluding carboxylic acids is 2. The van der Waals surface area contributed by atoms with Crippen molar-refractivity contribution in [1.82, 2.24) is 0 Å². The van der Waals surface area contributed by atoms with Gasteiger partial charge in [-0.2, -0.15) is 0 Å². The summed E-state index contributed by atoms with van der Waals surface area (Å²) in [4.78, 5) is 25.6. The Morgan fingerprint density at radius 3 is 2.23 bits per heavy atom. The zero-order valence-corrected chi connectivity index (χ0v) is 12.4. The molecular weight excluding hydrogens is 280 g/mol. The molecule has 22 heavy (non-hydrogen) atoms. The first-order chi connectivity index (χ1) is 10.6. The minimum absolute atomic E-state index is 0.287. The smallest absolute Gasteiger partial charge is 0.331 e. The van der Waals surface area contributed by atoms with Crippen LogP contribution < -0.4 is 0 Å². The van der Waals surface area contributed by atoms with Gasteiger partial charge in [-0.25, -0.2) is 0 Å². The topological polar surface area (TPSA) is 52.6 Å². The molecule has 114 valence electrons. The summed E-state index contributed by atoms with van der Waals surface area (Å²) in [7, 11) is 0. The predicted molar refractivity (Wildman–Crippen MR) is 79.6 cm³/mol. The van der Waals surface area contributed by atoms with E-state index in [1.165, 1.54) is 0 Å². The van der Waals surface area contributed by atoms with Crippen LogP contribution in [0.1, 0.15) is 43.2 Å². The molecule has 0 atom stereocenters. The van der Waals surface area contributed by atoms with Crippen molar-refractivity contribution in [3.8, 4) is 0 Å². The highest BCUT2D eigenvalue weighted by Gasteiger charge is 2.62. The standard InChI is InChI=1S/C18H18O4/c1-12-14-8-4-3-7-13(14)11-18(12)15(19)21-17(22-16(18)20)9-5-2-6-10-17/h3-4,7-8H,1-2,5-6,9-11H2. The summed E-state index contributed by atoms with van der Waals surface area (Å²) in [6, 6.07) is 7.58. The van der Waals surface area contributed by atoms with Gasteiger partial charge in [0.05, 0.1) is 0 Å². The lowest BCUT2D eigenvalue weighted by molar-refractivity contribution is -0.265. The van der Waals surface area contributed by atoms with Crippen LogP contribution in [0.3, 0.4) is 0 Å². The second kappa shape index (κ2) is 4.45. The lowest BCUT2D eigenvalue weighted by Gasteiger charge is -2.44. The third-order valence-electron chi connectivity index (χ3n) is 5.18. The quantitative estimate of drug-likeness (QED) is 0.546. The van der Waals surface area contributed by atoms with Crippen LogP contribution >= 0.6 is 0 Å². The number of carbonyl (C=O) groups is 2. The van der Waals surface area contributed by atoms with Crippen LogP contribution in [0.4, 0.5) is 0 Å². The molecule has 0 aromatic heterocycles. The van der Waals surface area contributed by atoms with Crippen molar-refractivity contribution >= 4 is 17.5 Å². The van der Waals surface area contributed by atoms with E-state index in [0.717, 1.165) is 30.4 Å². The molecule has 4 nitrogen and oxygen atoms in total. The molecule has 4 heteroatoms. The van der Waals surface area contributed by atoms with E-state index in [0.29, 0.717) is 18.4 Å². The number of hydrogen-bond donors (Lipinski definition) is 0. The Morgan fingerprint density at radius 2 is 1.59 bits per heavy atom. The van der Waals surface area contributed by atoms with Gasteiger partial charge < -0.3 is 9.47 Å². The fraction of sp³-hybridized carbons (Fsp3) is 0.444. The molecule has 0 amide bonds. The first-order valence-electron chi connectivity index (χ1n) is 7.82. The van der Waals surface area contributed by atoms with Crippen LogP contribution in [-0.4, -0.2) is 17.7 Å². The number of fused-ring (bicyclic) bond motifs is 1. The van der Waals surface area contributed by atoms with Gasteiger partial charge in [-0.1, -0.05) is 37.3 Å². The van der Waals surface area contributed by atoms with Gasteiger partial charge in [0.15, 0.2) is 5.41 Å². The average molecular weight is 298 g/mol. The Kier molecular flexibility index (Phi) is 2.74. The number of esters is 2. The Hall–Kier alpha value is -2.10. The van der Waals surface area contributed by atoms with Crippen LogP contribution in [0.15, 0.2) is 30.8 Å². The summed E-state index contributed by atoms with van der Waals surface area (Å²) in [6.07, 6.45) is 4.39. The van der Waals surface area contributed by atoms with Crippen molar-refractivity contribution in [2.45, 2.75) is 44.3 Å². The summed E-state index contributed by atoms with van der Waals surface area (Å²) < 4.78 is 11.4. The van der Waals surface area contributed by atoms with E-state index in [2.05, 4.69) is 6.58 Å². The third-order valence-corrected chi connectivity index (χ3v) is 5.18. The molecule has 0 unspecified atom stereocenters. The molecule has 0 radical (unpaired) electrons. The molecule has 1 aromatic rings. The molecule has 1 saturated carbocycles. The number of hydrogen-bond acceptors (Lipinski definition) is 4. The van der Waals surface area contributed by atoms with Crippen molar-refractivity contribution in [2.75, 3.05) is 0 Å². The molecule has 1 heterocycles. The molecular formula is C18H18O4. The molecule has 3 aliphatic rings. The van der Waals surface area contributed by atoms with Crippen LogP contribution in [0.2, 0.25) is 0 Å². The molecule has 1 aromatic carbocycles. The maximum absolute atomic E-state index is 12.8. The van der Waals surface area contributed by atoms with Crippen LogP contribution in [0.25, 0.3) is 5.57 Å². The first kappa shape index (κ1) is 13.6. The molecule has 1 saturated heterocycles. The first-order valence-corrected chi connectivity index (χ1v) is 7.82. The lowest BCUT2D eigenvalue weighted by atomic mass is 9.79. The monoisotopic (exact) mass is 298 g/mol. The van der Waals surface area contributed by atoms with Gasteiger partial charge >= 0.3 is 11.9 Å². The van der Waals surface area contributed by atoms with Gasteiger partial charge in [0.25, 0.3) is 5.79 Å². The highest BCUT2D eigenvalue weighted by Crippen LogP contribution is 2.52. The third kappa shape index (κ3) is 1.64. The van der Waals surface area contributed by atoms with E-state index >= 15 is 0 Å². The summed E-state index contributed by atoms with van der Waals surface area (Å²) in [6.45, 7) is 4.01. The largest absolute Gasteiger partial charge is 0.421 e. The minimum Gasteiger partial charge on any atom is -0.421 e. The van der Waals surface area contributed by atoms with Crippen molar-refractivity contribution in [3.63, 3.8) is 0 Å². The zero-order valence-electron chi connectivity index (χ0n) is 12.4. The molecule has 1 aliphatic heterocycles. The van der Waals surface area contributed by atoms with E-state index in [4.69, 9.17) is 9.47 Å². The SMILES string of the molecule is C=C1c2ccccc2CC12C(=O)OC1(CCCCC1)OC2=O. The molecule has 2 spiro atoms. The molecule has 4 rings (SSSR count). The second-order valence-electron chi connectivity index (χ2n) is 6.47. The highest BCUT2D eigenvalue weighted by molar-refractivity contribution is 6.15. The molecule has 2 fully saturated rings. The Bertz CT molecular complexity index is 662. The summed E-state index contributed by atoms with van der Waals surface area (Å²) >= 11 is 0. The van der Waals surface area contributed by atoms with Crippen molar-refractivity contribution in [3.05, 3.63) is 42.0 Å². The lowest BCUT2D eigenvalue weighted by Crippen LogP contribution is -2.56.